The van der Waals surface area contributed by atoms with Crippen LogP contribution in [0.5, 0.6) is 0 Å². The molecule has 0 aromatic rings. The fourth-order valence-electron chi connectivity index (χ4n) is 1.94. The first-order valence-electron chi connectivity index (χ1n) is 5.80. The van der Waals surface area contributed by atoms with Gasteiger partial charge in [0.05, 0.1) is 38.5 Å². The minimum atomic E-state index is 0.0864. The Labute approximate surface area is 91.2 Å². The summed E-state index contributed by atoms with van der Waals surface area (Å²) in [5.41, 5.74) is 0. The van der Waals surface area contributed by atoms with Crippen molar-refractivity contribution in [1.82, 2.24) is 5.32 Å². The van der Waals surface area contributed by atoms with Crippen molar-refractivity contribution in [2.75, 3.05) is 26.2 Å². The normalized spacial score (nSPS) is 17.0. The maximum Gasteiger partial charge on any atom is 0.225 e. The molecule has 4 nitrogen and oxygen atoms in total. The summed E-state index contributed by atoms with van der Waals surface area (Å²) in [5.74, 6) is 0.0864. The van der Waals surface area contributed by atoms with Crippen LogP contribution < -0.4 is 10.2 Å². The lowest BCUT2D eigenvalue weighted by Crippen LogP contribution is -3.12. The summed E-state index contributed by atoms with van der Waals surface area (Å²) >= 11 is 0. The Bertz CT molecular complexity index is 228. The van der Waals surface area contributed by atoms with Crippen LogP contribution in [-0.4, -0.2) is 32.1 Å². The molecule has 84 valence electrons. The van der Waals surface area contributed by atoms with E-state index in [2.05, 4.69) is 5.32 Å². The number of carbonyl (C=O) groups is 1. The predicted octanol–water partition coefficient (Wildman–Crippen LogP) is -0.525. The van der Waals surface area contributed by atoms with Gasteiger partial charge >= 0.3 is 0 Å². The fourth-order valence-corrected chi connectivity index (χ4v) is 1.94. The molecular weight excluding hydrogens is 190 g/mol. The zero-order valence-corrected chi connectivity index (χ0v) is 9.22. The van der Waals surface area contributed by atoms with Gasteiger partial charge in [0.25, 0.3) is 0 Å². The Morgan fingerprint density at radius 2 is 2.07 bits per heavy atom. The number of nitrogens with zero attached hydrogens (tertiary/aromatic N) is 1. The van der Waals surface area contributed by atoms with E-state index in [9.17, 15) is 4.79 Å². The van der Waals surface area contributed by atoms with Crippen molar-refractivity contribution in [3.8, 4) is 6.07 Å². The number of likely N-dealkylation sites (tertiary alicyclic amines) is 1. The van der Waals surface area contributed by atoms with Crippen molar-refractivity contribution in [3.63, 3.8) is 0 Å². The summed E-state index contributed by atoms with van der Waals surface area (Å²) in [6.45, 7) is 3.86. The zero-order valence-electron chi connectivity index (χ0n) is 9.22. The number of hydrogen-bond acceptors (Lipinski definition) is 2. The summed E-state index contributed by atoms with van der Waals surface area (Å²) < 4.78 is 0. The molecule has 0 spiro atoms. The van der Waals surface area contributed by atoms with Crippen LogP contribution >= 0.6 is 0 Å². The first-order valence-corrected chi connectivity index (χ1v) is 5.80. The maximum absolute atomic E-state index is 11.3. The average molecular weight is 210 g/mol. The van der Waals surface area contributed by atoms with E-state index >= 15 is 0 Å². The lowest BCUT2D eigenvalue weighted by molar-refractivity contribution is -0.904. The van der Waals surface area contributed by atoms with Gasteiger partial charge in [-0.1, -0.05) is 0 Å². The minimum Gasteiger partial charge on any atom is -0.355 e. The van der Waals surface area contributed by atoms with E-state index in [-0.39, 0.29) is 5.91 Å². The Kier molecular flexibility index (Phi) is 5.79. The second-order valence-corrected chi connectivity index (χ2v) is 4.07. The summed E-state index contributed by atoms with van der Waals surface area (Å²) in [4.78, 5) is 12.9. The van der Waals surface area contributed by atoms with Crippen molar-refractivity contribution in [2.45, 2.75) is 32.1 Å². The van der Waals surface area contributed by atoms with Gasteiger partial charge in [-0.2, -0.15) is 5.26 Å². The molecule has 0 aromatic heterocycles. The first-order chi connectivity index (χ1) is 7.33. The third kappa shape index (κ3) is 5.38. The van der Waals surface area contributed by atoms with E-state index in [1.165, 1.54) is 32.4 Å². The van der Waals surface area contributed by atoms with Crippen LogP contribution in [0.15, 0.2) is 0 Å². The van der Waals surface area contributed by atoms with Gasteiger partial charge in [-0.25, -0.2) is 0 Å². The number of hydrogen-bond donors (Lipinski definition) is 2. The molecule has 0 aliphatic carbocycles. The summed E-state index contributed by atoms with van der Waals surface area (Å²) in [5, 5.41) is 11.1. The third-order valence-electron chi connectivity index (χ3n) is 2.83. The molecule has 1 fully saturated rings. The quantitative estimate of drug-likeness (QED) is 0.600. The van der Waals surface area contributed by atoms with Gasteiger partial charge < -0.3 is 10.2 Å². The van der Waals surface area contributed by atoms with E-state index in [1.807, 2.05) is 6.07 Å². The molecule has 0 unspecified atom stereocenters. The van der Waals surface area contributed by atoms with Crippen LogP contribution in [0, 0.1) is 11.3 Å². The van der Waals surface area contributed by atoms with Gasteiger partial charge in [0.1, 0.15) is 0 Å². The number of nitriles is 1. The molecular formula is C11H20N3O+. The van der Waals surface area contributed by atoms with Gasteiger partial charge in [0.2, 0.25) is 5.91 Å². The average Bonchev–Trinajstić information content (AvgIpc) is 2.28. The molecule has 1 aliphatic heterocycles. The molecule has 0 radical (unpaired) electrons. The lowest BCUT2D eigenvalue weighted by atomic mass is 10.1. The van der Waals surface area contributed by atoms with Crippen molar-refractivity contribution in [2.24, 2.45) is 0 Å². The van der Waals surface area contributed by atoms with Crippen molar-refractivity contribution in [1.29, 1.82) is 5.26 Å². The highest BCUT2D eigenvalue weighted by Gasteiger charge is 2.14. The van der Waals surface area contributed by atoms with Gasteiger partial charge in [-0.15, -0.1) is 0 Å². The molecule has 4 heteroatoms. The van der Waals surface area contributed by atoms with E-state index in [0.29, 0.717) is 19.4 Å². The highest BCUT2D eigenvalue weighted by atomic mass is 16.1. The Balaban J connectivity index is 2.03. The highest BCUT2D eigenvalue weighted by Crippen LogP contribution is 1.94. The number of nitrogens with one attached hydrogen (secondary N) is 2. The number of amides is 1. The fraction of sp³-hybridized carbons (Fsp3) is 0.818. The van der Waals surface area contributed by atoms with Crippen LogP contribution in [0.1, 0.15) is 32.1 Å². The molecule has 1 amide bonds. The number of piperidine rings is 1. The molecule has 2 N–H and O–H groups in total. The molecule has 1 saturated heterocycles. The van der Waals surface area contributed by atoms with E-state index in [1.54, 1.807) is 4.90 Å². The van der Waals surface area contributed by atoms with Crippen molar-refractivity contribution >= 4 is 5.91 Å². The SMILES string of the molecule is N#CCCNC(=O)CC[NH+]1CCCCC1. The van der Waals surface area contributed by atoms with Gasteiger partial charge in [-0.3, -0.25) is 4.79 Å². The van der Waals surface area contributed by atoms with Crippen LogP contribution in [0.25, 0.3) is 0 Å². The van der Waals surface area contributed by atoms with E-state index in [4.69, 9.17) is 5.26 Å². The van der Waals surface area contributed by atoms with Crippen LogP contribution in [0.3, 0.4) is 0 Å². The number of rotatable bonds is 5. The molecule has 1 rings (SSSR count). The second kappa shape index (κ2) is 7.24. The minimum absolute atomic E-state index is 0.0864. The Morgan fingerprint density at radius 3 is 2.73 bits per heavy atom. The van der Waals surface area contributed by atoms with Gasteiger partial charge in [-0.05, 0) is 19.3 Å². The number of quaternary nitrogens is 1. The zero-order chi connectivity index (χ0) is 10.9. The first kappa shape index (κ1) is 12.0. The predicted molar refractivity (Wildman–Crippen MR) is 57.3 cm³/mol. The Morgan fingerprint density at radius 1 is 1.33 bits per heavy atom. The lowest BCUT2D eigenvalue weighted by Gasteiger charge is -2.23. The largest absolute Gasteiger partial charge is 0.355 e. The molecule has 0 atom stereocenters. The Hall–Kier alpha value is -1.08. The monoisotopic (exact) mass is 210 g/mol. The van der Waals surface area contributed by atoms with Crippen molar-refractivity contribution in [3.05, 3.63) is 0 Å². The number of carbonyl (C=O) groups excluding carboxylic acids is 1. The van der Waals surface area contributed by atoms with Crippen molar-refractivity contribution < 1.29 is 9.69 Å². The highest BCUT2D eigenvalue weighted by molar-refractivity contribution is 5.75. The maximum atomic E-state index is 11.3. The molecule has 1 heterocycles. The van der Waals surface area contributed by atoms with Gasteiger partial charge in [0.15, 0.2) is 0 Å². The van der Waals surface area contributed by atoms with Crippen LogP contribution in [-0.2, 0) is 4.79 Å². The molecule has 15 heavy (non-hydrogen) atoms. The molecule has 0 bridgehead atoms. The topological polar surface area (TPSA) is 57.3 Å². The van der Waals surface area contributed by atoms with E-state index in [0.717, 1.165) is 6.54 Å². The van der Waals surface area contributed by atoms with Crippen LogP contribution in [0.4, 0.5) is 0 Å². The standard InChI is InChI=1S/C11H19N3O/c12-6-4-7-13-11(15)5-10-14-8-2-1-3-9-14/h1-5,7-10H2,(H,13,15)/p+1. The molecule has 1 aliphatic rings. The smallest absolute Gasteiger partial charge is 0.225 e. The van der Waals surface area contributed by atoms with E-state index < -0.39 is 0 Å². The van der Waals surface area contributed by atoms with Crippen LogP contribution in [0.2, 0.25) is 0 Å². The second-order valence-electron chi connectivity index (χ2n) is 4.07. The third-order valence-corrected chi connectivity index (χ3v) is 2.83. The summed E-state index contributed by atoms with van der Waals surface area (Å²) in [6, 6.07) is 2.01. The summed E-state index contributed by atoms with van der Waals surface area (Å²) in [6.07, 6.45) is 4.94. The van der Waals surface area contributed by atoms with Gasteiger partial charge in [0, 0.05) is 6.54 Å². The molecule has 0 saturated carbocycles. The summed E-state index contributed by atoms with van der Waals surface area (Å²) in [7, 11) is 0. The molecule has 0 aromatic carbocycles.